The third kappa shape index (κ3) is 5.05. The van der Waals surface area contributed by atoms with Gasteiger partial charge in [0.25, 0.3) is 0 Å². The summed E-state index contributed by atoms with van der Waals surface area (Å²) in [5, 5.41) is 21.5. The van der Waals surface area contributed by atoms with E-state index in [1.165, 1.54) is 23.4 Å². The zero-order valence-electron chi connectivity index (χ0n) is 20.6. The van der Waals surface area contributed by atoms with E-state index < -0.39 is 23.3 Å². The van der Waals surface area contributed by atoms with Gasteiger partial charge in [0, 0.05) is 35.8 Å². The van der Waals surface area contributed by atoms with Crippen LogP contribution >= 0.6 is 0 Å². The van der Waals surface area contributed by atoms with Crippen molar-refractivity contribution in [1.29, 1.82) is 0 Å². The number of halogens is 2. The summed E-state index contributed by atoms with van der Waals surface area (Å²) in [5.41, 5.74) is 0.104. The number of aromatic nitrogens is 5. The Balaban J connectivity index is 1.76. The molecule has 0 radical (unpaired) electrons. The van der Waals surface area contributed by atoms with E-state index in [1.807, 2.05) is 6.07 Å². The summed E-state index contributed by atoms with van der Waals surface area (Å²) in [4.78, 5) is 6.29. The second-order valence-electron chi connectivity index (χ2n) is 9.49. The van der Waals surface area contributed by atoms with E-state index in [0.29, 0.717) is 5.92 Å². The molecule has 2 atom stereocenters. The molecule has 0 fully saturated rings. The minimum absolute atomic E-state index is 0.0341. The molecule has 0 aliphatic rings. The van der Waals surface area contributed by atoms with Crippen molar-refractivity contribution >= 4 is 16.6 Å². The van der Waals surface area contributed by atoms with E-state index in [9.17, 15) is 13.9 Å². The molecule has 2 aromatic carbocycles. The van der Waals surface area contributed by atoms with Crippen molar-refractivity contribution in [3.05, 3.63) is 72.4 Å². The molecule has 35 heavy (non-hydrogen) atoms. The quantitative estimate of drug-likeness (QED) is 0.347. The predicted molar refractivity (Wildman–Crippen MR) is 132 cm³/mol. The fraction of sp³-hybridized carbons (Fsp3) is 0.423. The average Bonchev–Trinajstić information content (AvgIpc) is 3.47. The van der Waals surface area contributed by atoms with Crippen LogP contribution in [0, 0.1) is 17.6 Å². The number of benzene rings is 2. The normalized spacial score (nSPS) is 14.4. The van der Waals surface area contributed by atoms with Gasteiger partial charge in [0.1, 0.15) is 29.9 Å². The maximum absolute atomic E-state index is 14.9. The van der Waals surface area contributed by atoms with Gasteiger partial charge in [0.2, 0.25) is 0 Å². The first-order chi connectivity index (χ1) is 16.7. The zero-order chi connectivity index (χ0) is 25.2. The van der Waals surface area contributed by atoms with Crippen molar-refractivity contribution in [2.75, 3.05) is 18.0 Å². The molecule has 4 rings (SSSR count). The molecule has 186 valence electrons. The first-order valence-electron chi connectivity index (χ1n) is 12.0. The van der Waals surface area contributed by atoms with Crippen molar-refractivity contribution < 1.29 is 13.9 Å². The van der Waals surface area contributed by atoms with Gasteiger partial charge in [-0.1, -0.05) is 26.8 Å². The highest BCUT2D eigenvalue weighted by molar-refractivity contribution is 5.83. The Bertz CT molecular complexity index is 1270. The van der Waals surface area contributed by atoms with Gasteiger partial charge in [-0.3, -0.25) is 4.68 Å². The second-order valence-corrected chi connectivity index (χ2v) is 9.49. The van der Waals surface area contributed by atoms with Gasteiger partial charge >= 0.3 is 0 Å². The first-order valence-corrected chi connectivity index (χ1v) is 12.0. The number of rotatable bonds is 10. The molecule has 0 saturated carbocycles. The van der Waals surface area contributed by atoms with Crippen LogP contribution in [0.3, 0.4) is 0 Å². The molecule has 0 bridgehead atoms. The van der Waals surface area contributed by atoms with E-state index in [2.05, 4.69) is 53.0 Å². The fourth-order valence-corrected chi connectivity index (χ4v) is 4.63. The Morgan fingerprint density at radius 3 is 2.54 bits per heavy atom. The Hall–Kier alpha value is -3.33. The summed E-state index contributed by atoms with van der Waals surface area (Å²) in [7, 11) is 0. The van der Waals surface area contributed by atoms with Crippen LogP contribution in [-0.4, -0.2) is 42.7 Å². The summed E-state index contributed by atoms with van der Waals surface area (Å²) < 4.78 is 31.7. The van der Waals surface area contributed by atoms with Gasteiger partial charge in [-0.15, -0.1) is 0 Å². The van der Waals surface area contributed by atoms with Crippen molar-refractivity contribution in [2.45, 2.75) is 52.3 Å². The lowest BCUT2D eigenvalue weighted by Crippen LogP contribution is -2.41. The summed E-state index contributed by atoms with van der Waals surface area (Å²) >= 11 is 0. The van der Waals surface area contributed by atoms with Crippen LogP contribution in [0.2, 0.25) is 0 Å². The molecule has 0 aliphatic carbocycles. The predicted octanol–water partition coefficient (Wildman–Crippen LogP) is 4.93. The molecule has 9 heteroatoms. The summed E-state index contributed by atoms with van der Waals surface area (Å²) in [6.07, 6.45) is 5.59. The molecule has 0 saturated heterocycles. The summed E-state index contributed by atoms with van der Waals surface area (Å²) in [6, 6.07) is 8.61. The van der Waals surface area contributed by atoms with E-state index in [4.69, 9.17) is 0 Å². The molecule has 0 amide bonds. The minimum atomic E-state index is -1.78. The minimum Gasteiger partial charge on any atom is -0.381 e. The average molecular weight is 483 g/mol. The molecule has 0 aliphatic heterocycles. The second kappa shape index (κ2) is 10.1. The van der Waals surface area contributed by atoms with Crippen molar-refractivity contribution in [3.63, 3.8) is 0 Å². The molecule has 0 spiro atoms. The third-order valence-corrected chi connectivity index (χ3v) is 6.35. The van der Waals surface area contributed by atoms with Crippen LogP contribution in [-0.2, 0) is 12.1 Å². The van der Waals surface area contributed by atoms with Gasteiger partial charge in [-0.25, -0.2) is 18.4 Å². The number of nitrogens with zero attached hydrogens (tertiary/aromatic N) is 6. The van der Waals surface area contributed by atoms with Crippen LogP contribution in [0.1, 0.15) is 45.7 Å². The lowest BCUT2D eigenvalue weighted by molar-refractivity contribution is -0.0354. The summed E-state index contributed by atoms with van der Waals surface area (Å²) in [6.45, 7) is 10.1. The lowest BCUT2D eigenvalue weighted by atomic mass is 9.86. The molecule has 0 unspecified atom stereocenters. The monoisotopic (exact) mass is 482 g/mol. The van der Waals surface area contributed by atoms with E-state index in [-0.39, 0.29) is 12.1 Å². The smallest absolute Gasteiger partial charge is 0.137 e. The largest absolute Gasteiger partial charge is 0.381 e. The molecule has 2 heterocycles. The standard InChI is InChI=1S/C26H32F2N6O/c1-5-10-32(14-18(2)3)22-7-9-25-20(11-22)13-30-34(25)19(4)26(35,15-33-17-29-16-31-33)23-8-6-21(27)12-24(23)28/h6-9,11-13,16-19,35H,5,10,14-15H2,1-4H3/t19-,26-/m1/s1. The lowest BCUT2D eigenvalue weighted by Gasteiger charge is -2.35. The molecular weight excluding hydrogens is 450 g/mol. The number of fused-ring (bicyclic) bond motifs is 1. The molecule has 4 aromatic rings. The van der Waals surface area contributed by atoms with Crippen LogP contribution in [0.25, 0.3) is 10.9 Å². The summed E-state index contributed by atoms with van der Waals surface area (Å²) in [5.74, 6) is -1.02. The Kier molecular flexibility index (Phi) is 7.16. The zero-order valence-corrected chi connectivity index (χ0v) is 20.6. The number of anilines is 1. The van der Waals surface area contributed by atoms with Crippen LogP contribution < -0.4 is 4.90 Å². The maximum atomic E-state index is 14.9. The van der Waals surface area contributed by atoms with Gasteiger partial charge in [-0.2, -0.15) is 10.2 Å². The Morgan fingerprint density at radius 1 is 1.09 bits per heavy atom. The van der Waals surface area contributed by atoms with Gasteiger partial charge in [-0.05, 0) is 43.5 Å². The Morgan fingerprint density at radius 2 is 1.89 bits per heavy atom. The number of aliphatic hydroxyl groups is 1. The van der Waals surface area contributed by atoms with E-state index in [1.54, 1.807) is 17.8 Å². The first kappa shape index (κ1) is 24.8. The van der Waals surface area contributed by atoms with Gasteiger partial charge < -0.3 is 10.0 Å². The highest BCUT2D eigenvalue weighted by Crippen LogP contribution is 2.38. The number of hydrogen-bond donors (Lipinski definition) is 1. The van der Waals surface area contributed by atoms with Crippen molar-refractivity contribution in [3.8, 4) is 0 Å². The van der Waals surface area contributed by atoms with Crippen molar-refractivity contribution in [1.82, 2.24) is 24.5 Å². The highest BCUT2D eigenvalue weighted by Gasteiger charge is 2.41. The third-order valence-electron chi connectivity index (χ3n) is 6.35. The molecule has 7 nitrogen and oxygen atoms in total. The SMILES string of the molecule is CCCN(CC(C)C)c1ccc2c(cnn2[C@H](C)[C@](O)(Cn2cncn2)c2ccc(F)cc2F)c1. The van der Waals surface area contributed by atoms with Crippen LogP contribution in [0.4, 0.5) is 14.5 Å². The molecule has 2 aromatic heterocycles. The highest BCUT2D eigenvalue weighted by atomic mass is 19.1. The fourth-order valence-electron chi connectivity index (χ4n) is 4.63. The van der Waals surface area contributed by atoms with Crippen molar-refractivity contribution in [2.24, 2.45) is 5.92 Å². The van der Waals surface area contributed by atoms with Crippen LogP contribution in [0.5, 0.6) is 0 Å². The van der Waals surface area contributed by atoms with Gasteiger partial charge in [0.15, 0.2) is 0 Å². The number of hydrogen-bond acceptors (Lipinski definition) is 5. The molecular formula is C26H32F2N6O. The Labute approximate surface area is 204 Å². The van der Waals surface area contributed by atoms with E-state index in [0.717, 1.165) is 48.2 Å². The molecule has 1 N–H and O–H groups in total. The van der Waals surface area contributed by atoms with E-state index >= 15 is 0 Å². The van der Waals surface area contributed by atoms with Crippen LogP contribution in [0.15, 0.2) is 55.2 Å². The maximum Gasteiger partial charge on any atom is 0.137 e. The van der Waals surface area contributed by atoms with Gasteiger partial charge in [0.05, 0.1) is 24.3 Å². The topological polar surface area (TPSA) is 72.0 Å².